The van der Waals surface area contributed by atoms with Gasteiger partial charge in [-0.1, -0.05) is 182 Å². The van der Waals surface area contributed by atoms with Crippen LogP contribution in [0.1, 0.15) is 22.3 Å². The molecule has 0 saturated carbocycles. The number of benzene rings is 10. The van der Waals surface area contributed by atoms with Crippen LogP contribution in [0, 0.1) is 0 Å². The average Bonchev–Trinajstić information content (AvgIpc) is 3.96. The molecule has 0 bridgehead atoms. The topological polar surface area (TPSA) is 16.4 Å². The fourth-order valence-electron chi connectivity index (χ4n) is 10.7. The summed E-state index contributed by atoms with van der Waals surface area (Å²) in [5.74, 6) is 0. The lowest BCUT2D eigenvalue weighted by Crippen LogP contribution is -2.26. The molecule has 0 radical (unpaired) electrons. The van der Waals surface area contributed by atoms with Crippen LogP contribution in [0.4, 0.5) is 17.1 Å². The van der Waals surface area contributed by atoms with Crippen molar-refractivity contribution in [3.8, 4) is 44.5 Å². The second-order valence-electron chi connectivity index (χ2n) is 16.4. The molecule has 0 N–H and O–H groups in total. The quantitative estimate of drug-likeness (QED) is 0.173. The zero-order valence-corrected chi connectivity index (χ0v) is 33.2. The fraction of sp³-hybridized carbons (Fsp3) is 0.0169. The third-order valence-electron chi connectivity index (χ3n) is 13.3. The van der Waals surface area contributed by atoms with Gasteiger partial charge in [-0.15, -0.1) is 0 Å². The molecule has 2 heteroatoms. The highest BCUT2D eigenvalue weighted by Gasteiger charge is 2.51. The summed E-state index contributed by atoms with van der Waals surface area (Å²) in [5, 5.41) is 4.41. The third-order valence-corrected chi connectivity index (χ3v) is 13.3. The minimum atomic E-state index is -0.457. The van der Waals surface area contributed by atoms with Crippen molar-refractivity contribution in [3.63, 3.8) is 0 Å². The Morgan fingerprint density at radius 3 is 1.44 bits per heavy atom. The first-order valence-electron chi connectivity index (χ1n) is 21.1. The van der Waals surface area contributed by atoms with E-state index in [9.17, 15) is 0 Å². The number of nitrogens with zero attached hydrogens (tertiary/aromatic N) is 1. The standard InChI is InChI=1S/C59H37NO/c1-3-15-38(16-4-1)40-27-30-42(31-28-40)60(56-37-51-49-33-29-41(39-17-5-2-6-18-39)35-57(49)61-58(51)50-23-8-7-22-48(50)56)43-32-34-47-46-21-11-14-26-54(46)59(55(47)36-43)52-24-12-9-19-44(52)45-20-10-13-25-53(45)59/h1-37H. The molecule has 284 valence electrons. The van der Waals surface area contributed by atoms with E-state index in [1.807, 2.05) is 0 Å². The fourth-order valence-corrected chi connectivity index (χ4v) is 10.7. The van der Waals surface area contributed by atoms with E-state index in [2.05, 4.69) is 229 Å². The van der Waals surface area contributed by atoms with Crippen molar-refractivity contribution in [2.75, 3.05) is 4.90 Å². The van der Waals surface area contributed by atoms with Crippen molar-refractivity contribution in [2.24, 2.45) is 0 Å². The van der Waals surface area contributed by atoms with Crippen molar-refractivity contribution >= 4 is 49.8 Å². The molecule has 2 aliphatic rings. The van der Waals surface area contributed by atoms with Crippen molar-refractivity contribution in [2.45, 2.75) is 5.41 Å². The van der Waals surface area contributed by atoms with Gasteiger partial charge in [-0.2, -0.15) is 0 Å². The summed E-state index contributed by atoms with van der Waals surface area (Å²) in [6.45, 7) is 0. The van der Waals surface area contributed by atoms with Gasteiger partial charge in [0, 0.05) is 32.9 Å². The highest BCUT2D eigenvalue weighted by atomic mass is 16.3. The molecule has 13 rings (SSSR count). The van der Waals surface area contributed by atoms with Gasteiger partial charge < -0.3 is 9.32 Å². The van der Waals surface area contributed by atoms with E-state index in [1.165, 1.54) is 61.2 Å². The van der Waals surface area contributed by atoms with Crippen LogP contribution in [-0.2, 0) is 5.41 Å². The summed E-state index contributed by atoms with van der Waals surface area (Å²) in [5.41, 5.74) is 19.8. The van der Waals surface area contributed by atoms with Crippen LogP contribution >= 0.6 is 0 Å². The summed E-state index contributed by atoms with van der Waals surface area (Å²) in [6, 6.07) is 82.2. The van der Waals surface area contributed by atoms with Crippen molar-refractivity contribution in [3.05, 3.63) is 247 Å². The van der Waals surface area contributed by atoms with Crippen LogP contribution in [0.3, 0.4) is 0 Å². The first-order chi connectivity index (χ1) is 30.3. The molecule has 0 amide bonds. The van der Waals surface area contributed by atoms with E-state index in [0.29, 0.717) is 0 Å². The predicted octanol–water partition coefficient (Wildman–Crippen LogP) is 15.9. The van der Waals surface area contributed by atoms with Gasteiger partial charge in [-0.05, 0) is 109 Å². The predicted molar refractivity (Wildman–Crippen MR) is 253 cm³/mol. The second kappa shape index (κ2) is 13.0. The number of hydrogen-bond donors (Lipinski definition) is 0. The Hall–Kier alpha value is -7.94. The Kier molecular flexibility index (Phi) is 7.26. The summed E-state index contributed by atoms with van der Waals surface area (Å²) in [4.78, 5) is 2.47. The lowest BCUT2D eigenvalue weighted by atomic mass is 9.70. The Balaban J connectivity index is 1.08. The molecule has 0 fully saturated rings. The van der Waals surface area contributed by atoms with E-state index >= 15 is 0 Å². The van der Waals surface area contributed by atoms with E-state index in [0.717, 1.165) is 55.3 Å². The highest BCUT2D eigenvalue weighted by molar-refractivity contribution is 6.20. The van der Waals surface area contributed by atoms with E-state index in [4.69, 9.17) is 4.42 Å². The third kappa shape index (κ3) is 4.85. The highest BCUT2D eigenvalue weighted by Crippen LogP contribution is 2.63. The Morgan fingerprint density at radius 1 is 0.311 bits per heavy atom. The number of rotatable bonds is 5. The lowest BCUT2D eigenvalue weighted by molar-refractivity contribution is 0.673. The molecule has 0 atom stereocenters. The first kappa shape index (κ1) is 34.0. The lowest BCUT2D eigenvalue weighted by Gasteiger charge is -2.32. The molecule has 1 heterocycles. The van der Waals surface area contributed by atoms with Crippen LogP contribution in [0.5, 0.6) is 0 Å². The molecule has 61 heavy (non-hydrogen) atoms. The van der Waals surface area contributed by atoms with Gasteiger partial charge in [0.05, 0.1) is 11.1 Å². The summed E-state index contributed by atoms with van der Waals surface area (Å²) in [6.07, 6.45) is 0. The van der Waals surface area contributed by atoms with Gasteiger partial charge >= 0.3 is 0 Å². The van der Waals surface area contributed by atoms with Crippen LogP contribution in [-0.4, -0.2) is 0 Å². The molecular formula is C59H37NO. The van der Waals surface area contributed by atoms with E-state index < -0.39 is 5.41 Å². The van der Waals surface area contributed by atoms with Crippen molar-refractivity contribution in [1.29, 1.82) is 0 Å². The molecule has 1 spiro atoms. The zero-order chi connectivity index (χ0) is 40.1. The number of hydrogen-bond acceptors (Lipinski definition) is 2. The largest absolute Gasteiger partial charge is 0.455 e. The van der Waals surface area contributed by atoms with Gasteiger partial charge in [0.15, 0.2) is 0 Å². The van der Waals surface area contributed by atoms with Crippen molar-refractivity contribution < 1.29 is 4.42 Å². The maximum Gasteiger partial charge on any atom is 0.143 e. The second-order valence-corrected chi connectivity index (χ2v) is 16.4. The SMILES string of the molecule is c1ccc(-c2ccc(N(c3ccc4c(c3)C3(c5ccccc5-c5ccccc53)c3ccccc3-4)c3cc4c5ccc(-c6ccccc6)cc5oc4c4ccccc34)cc2)cc1. The van der Waals surface area contributed by atoms with Crippen molar-refractivity contribution in [1.82, 2.24) is 0 Å². The van der Waals surface area contributed by atoms with Gasteiger partial charge in [0.2, 0.25) is 0 Å². The first-order valence-corrected chi connectivity index (χ1v) is 21.1. The van der Waals surface area contributed by atoms with E-state index in [-0.39, 0.29) is 0 Å². The van der Waals surface area contributed by atoms with Crippen LogP contribution < -0.4 is 4.90 Å². The molecule has 2 nitrogen and oxygen atoms in total. The molecule has 0 aliphatic heterocycles. The molecule has 0 saturated heterocycles. The number of furan rings is 1. The van der Waals surface area contributed by atoms with Crippen LogP contribution in [0.15, 0.2) is 229 Å². The summed E-state index contributed by atoms with van der Waals surface area (Å²) in [7, 11) is 0. The monoisotopic (exact) mass is 775 g/mol. The van der Waals surface area contributed by atoms with Crippen LogP contribution in [0.25, 0.3) is 77.2 Å². The molecule has 0 unspecified atom stereocenters. The molecule has 11 aromatic rings. The van der Waals surface area contributed by atoms with Crippen LogP contribution in [0.2, 0.25) is 0 Å². The summed E-state index contributed by atoms with van der Waals surface area (Å²) >= 11 is 0. The Morgan fingerprint density at radius 2 is 0.803 bits per heavy atom. The average molecular weight is 776 g/mol. The maximum atomic E-state index is 6.85. The van der Waals surface area contributed by atoms with Gasteiger partial charge in [-0.3, -0.25) is 0 Å². The zero-order valence-electron chi connectivity index (χ0n) is 33.2. The van der Waals surface area contributed by atoms with E-state index in [1.54, 1.807) is 0 Å². The smallest absolute Gasteiger partial charge is 0.143 e. The summed E-state index contributed by atoms with van der Waals surface area (Å²) < 4.78 is 6.85. The minimum absolute atomic E-state index is 0.457. The molecule has 2 aliphatic carbocycles. The number of anilines is 3. The molecule has 1 aromatic heterocycles. The Bertz CT molecular complexity index is 3460. The number of fused-ring (bicyclic) bond motifs is 15. The Labute approximate surface area is 354 Å². The minimum Gasteiger partial charge on any atom is -0.455 e. The van der Waals surface area contributed by atoms with Gasteiger partial charge in [-0.25, -0.2) is 0 Å². The van der Waals surface area contributed by atoms with Gasteiger partial charge in [0.1, 0.15) is 11.2 Å². The maximum absolute atomic E-state index is 6.85. The van der Waals surface area contributed by atoms with Gasteiger partial charge in [0.25, 0.3) is 0 Å². The molecule has 10 aromatic carbocycles. The normalized spacial score (nSPS) is 13.0. The molecular weight excluding hydrogens is 739 g/mol.